The Labute approximate surface area is 177 Å². The van der Waals surface area contributed by atoms with Gasteiger partial charge in [0.1, 0.15) is 0 Å². The average molecular weight is 488 g/mol. The summed E-state index contributed by atoms with van der Waals surface area (Å²) in [7, 11) is 0. The van der Waals surface area contributed by atoms with Gasteiger partial charge in [-0.2, -0.15) is 5.10 Å². The van der Waals surface area contributed by atoms with E-state index < -0.39 is 10.8 Å². The number of amides is 1. The Morgan fingerprint density at radius 2 is 2.07 bits per heavy atom. The molecular formula is C16H13BrCl2N6O3. The SMILES string of the molecule is Cc1cc([N+](=O)[O-])n(CC(=O)Nc2nn(Cc3ccc(Cl)cc3Cl)cc2Br)n1. The number of nitro groups is 1. The van der Waals surface area contributed by atoms with E-state index in [9.17, 15) is 14.9 Å². The molecule has 0 aliphatic carbocycles. The van der Waals surface area contributed by atoms with Gasteiger partial charge in [-0.1, -0.05) is 34.4 Å². The molecule has 9 nitrogen and oxygen atoms in total. The molecule has 0 atom stereocenters. The molecule has 0 aliphatic rings. The van der Waals surface area contributed by atoms with Gasteiger partial charge in [0, 0.05) is 16.2 Å². The molecule has 0 unspecified atom stereocenters. The third kappa shape index (κ3) is 4.70. The van der Waals surface area contributed by atoms with Gasteiger partial charge in [-0.05, 0) is 45.5 Å². The lowest BCUT2D eigenvalue weighted by molar-refractivity contribution is -0.392. The minimum absolute atomic E-state index is 0.255. The van der Waals surface area contributed by atoms with E-state index in [4.69, 9.17) is 23.2 Å². The number of hydrogen-bond acceptors (Lipinski definition) is 5. The van der Waals surface area contributed by atoms with Crippen LogP contribution in [0.15, 0.2) is 34.9 Å². The maximum absolute atomic E-state index is 12.3. The van der Waals surface area contributed by atoms with Gasteiger partial charge in [0.2, 0.25) is 0 Å². The molecule has 0 fully saturated rings. The van der Waals surface area contributed by atoms with Crippen molar-refractivity contribution in [3.8, 4) is 0 Å². The van der Waals surface area contributed by atoms with E-state index in [1.54, 1.807) is 36.0 Å². The summed E-state index contributed by atoms with van der Waals surface area (Å²) in [4.78, 5) is 22.7. The van der Waals surface area contributed by atoms with Crippen LogP contribution in [0.25, 0.3) is 0 Å². The summed E-state index contributed by atoms with van der Waals surface area (Å²) < 4.78 is 3.18. The van der Waals surface area contributed by atoms with E-state index in [2.05, 4.69) is 31.4 Å². The van der Waals surface area contributed by atoms with Crippen LogP contribution in [-0.4, -0.2) is 30.4 Å². The number of benzene rings is 1. The summed E-state index contributed by atoms with van der Waals surface area (Å²) in [6, 6.07) is 6.45. The first kappa shape index (κ1) is 20.3. The van der Waals surface area contributed by atoms with Gasteiger partial charge < -0.3 is 15.4 Å². The smallest absolute Gasteiger partial charge is 0.345 e. The highest BCUT2D eigenvalue weighted by molar-refractivity contribution is 9.10. The number of nitrogens with one attached hydrogen (secondary N) is 1. The van der Waals surface area contributed by atoms with Crippen molar-refractivity contribution in [2.45, 2.75) is 20.0 Å². The molecule has 0 aliphatic heterocycles. The van der Waals surface area contributed by atoms with Crippen molar-refractivity contribution in [2.75, 3.05) is 5.32 Å². The van der Waals surface area contributed by atoms with Crippen LogP contribution in [0.2, 0.25) is 10.0 Å². The van der Waals surface area contributed by atoms with Gasteiger partial charge in [0.05, 0.1) is 22.8 Å². The van der Waals surface area contributed by atoms with Crippen molar-refractivity contribution >= 4 is 56.7 Å². The van der Waals surface area contributed by atoms with E-state index in [0.29, 0.717) is 26.8 Å². The summed E-state index contributed by atoms with van der Waals surface area (Å²) in [5.74, 6) is -0.474. The highest BCUT2D eigenvalue weighted by Crippen LogP contribution is 2.24. The van der Waals surface area contributed by atoms with E-state index in [0.717, 1.165) is 10.2 Å². The van der Waals surface area contributed by atoms with Gasteiger partial charge in [0.25, 0.3) is 5.91 Å². The minimum Gasteiger partial charge on any atom is -0.358 e. The molecule has 2 heterocycles. The highest BCUT2D eigenvalue weighted by Gasteiger charge is 2.20. The summed E-state index contributed by atoms with van der Waals surface area (Å²) in [5, 5.41) is 22.9. The van der Waals surface area contributed by atoms with Gasteiger partial charge in [-0.15, -0.1) is 4.68 Å². The van der Waals surface area contributed by atoms with Crippen LogP contribution in [0.5, 0.6) is 0 Å². The fraction of sp³-hybridized carbons (Fsp3) is 0.188. The monoisotopic (exact) mass is 486 g/mol. The van der Waals surface area contributed by atoms with Crippen LogP contribution in [0.3, 0.4) is 0 Å². The standard InChI is InChI=1S/C16H13BrCl2N6O3/c1-9-4-15(25(27)28)24(21-9)8-14(26)20-16-12(17)7-23(22-16)6-10-2-3-11(18)5-13(10)19/h2-5,7H,6,8H2,1H3,(H,20,22,26). The van der Waals surface area contributed by atoms with Crippen molar-refractivity contribution in [1.82, 2.24) is 19.6 Å². The molecule has 1 aromatic carbocycles. The Hall–Kier alpha value is -2.43. The topological polar surface area (TPSA) is 108 Å². The maximum Gasteiger partial charge on any atom is 0.345 e. The molecule has 3 rings (SSSR count). The lowest BCUT2D eigenvalue weighted by Crippen LogP contribution is -2.21. The number of halogens is 3. The number of carbonyl (C=O) groups excluding carboxylic acids is 1. The molecule has 0 saturated carbocycles. The molecular weight excluding hydrogens is 475 g/mol. The fourth-order valence-corrected chi connectivity index (χ4v) is 3.37. The third-order valence-corrected chi connectivity index (χ3v) is 4.85. The normalized spacial score (nSPS) is 10.9. The molecule has 146 valence electrons. The third-order valence-electron chi connectivity index (χ3n) is 3.68. The Morgan fingerprint density at radius 1 is 1.32 bits per heavy atom. The zero-order valence-corrected chi connectivity index (χ0v) is 17.5. The molecule has 28 heavy (non-hydrogen) atoms. The number of carbonyl (C=O) groups is 1. The van der Waals surface area contributed by atoms with Gasteiger partial charge in [-0.3, -0.25) is 9.48 Å². The first-order valence-corrected chi connectivity index (χ1v) is 9.43. The second-order valence-corrected chi connectivity index (χ2v) is 7.56. The Kier molecular flexibility index (Phi) is 6.01. The van der Waals surface area contributed by atoms with Crippen LogP contribution in [0.4, 0.5) is 11.6 Å². The van der Waals surface area contributed by atoms with Crippen LogP contribution >= 0.6 is 39.1 Å². The zero-order chi connectivity index (χ0) is 20.4. The summed E-state index contributed by atoms with van der Waals surface area (Å²) in [6.07, 6.45) is 1.68. The maximum atomic E-state index is 12.3. The number of hydrogen-bond donors (Lipinski definition) is 1. The van der Waals surface area contributed by atoms with Gasteiger partial charge in [-0.25, -0.2) is 0 Å². The van der Waals surface area contributed by atoms with Gasteiger partial charge >= 0.3 is 5.82 Å². The van der Waals surface area contributed by atoms with E-state index in [1.807, 2.05) is 0 Å². The lowest BCUT2D eigenvalue weighted by atomic mass is 10.2. The molecule has 2 aromatic heterocycles. The predicted molar refractivity (Wildman–Crippen MR) is 108 cm³/mol. The summed E-state index contributed by atoms with van der Waals surface area (Å²) >= 11 is 15.4. The number of anilines is 1. The number of aryl methyl sites for hydroxylation is 1. The molecule has 12 heteroatoms. The Balaban J connectivity index is 1.71. The average Bonchev–Trinajstić information content (AvgIpc) is 3.12. The minimum atomic E-state index is -0.590. The summed E-state index contributed by atoms with van der Waals surface area (Å²) in [6.45, 7) is 1.67. The van der Waals surface area contributed by atoms with Crippen molar-refractivity contribution in [3.05, 3.63) is 66.4 Å². The lowest BCUT2D eigenvalue weighted by Gasteiger charge is -2.05. The van der Waals surface area contributed by atoms with Crippen molar-refractivity contribution < 1.29 is 9.72 Å². The largest absolute Gasteiger partial charge is 0.358 e. The molecule has 0 spiro atoms. The van der Waals surface area contributed by atoms with Gasteiger partial charge in [0.15, 0.2) is 12.4 Å². The zero-order valence-electron chi connectivity index (χ0n) is 14.4. The van der Waals surface area contributed by atoms with Crippen molar-refractivity contribution in [1.29, 1.82) is 0 Å². The number of nitrogens with zero attached hydrogens (tertiary/aromatic N) is 5. The van der Waals surface area contributed by atoms with E-state index >= 15 is 0 Å². The number of rotatable bonds is 6. The van der Waals surface area contributed by atoms with Crippen molar-refractivity contribution in [2.24, 2.45) is 0 Å². The Bertz CT molecular complexity index is 1060. The van der Waals surface area contributed by atoms with Crippen LogP contribution in [0, 0.1) is 17.0 Å². The second-order valence-electron chi connectivity index (χ2n) is 5.87. The molecule has 0 radical (unpaired) electrons. The van der Waals surface area contributed by atoms with E-state index in [-0.39, 0.29) is 18.2 Å². The van der Waals surface area contributed by atoms with E-state index in [1.165, 1.54) is 6.07 Å². The molecule has 0 bridgehead atoms. The van der Waals surface area contributed by atoms with Crippen LogP contribution in [0.1, 0.15) is 11.3 Å². The Morgan fingerprint density at radius 3 is 2.75 bits per heavy atom. The second kappa shape index (κ2) is 8.29. The predicted octanol–water partition coefficient (Wildman–Crippen LogP) is 4.05. The summed E-state index contributed by atoms with van der Waals surface area (Å²) in [5.41, 5.74) is 1.26. The van der Waals surface area contributed by atoms with Crippen LogP contribution in [-0.2, 0) is 17.9 Å². The first-order valence-electron chi connectivity index (χ1n) is 7.88. The van der Waals surface area contributed by atoms with Crippen molar-refractivity contribution in [3.63, 3.8) is 0 Å². The molecule has 1 amide bonds. The number of aromatic nitrogens is 4. The fourth-order valence-electron chi connectivity index (χ4n) is 2.49. The first-order chi connectivity index (χ1) is 13.2. The molecule has 3 aromatic rings. The molecule has 1 N–H and O–H groups in total. The molecule has 0 saturated heterocycles. The highest BCUT2D eigenvalue weighted by atomic mass is 79.9. The van der Waals surface area contributed by atoms with Crippen LogP contribution < -0.4 is 5.32 Å². The quantitative estimate of drug-likeness (QED) is 0.416.